The molecule has 7 heteroatoms. The Labute approximate surface area is 122 Å². The van der Waals surface area contributed by atoms with Crippen molar-refractivity contribution in [2.75, 3.05) is 25.0 Å². The van der Waals surface area contributed by atoms with Gasteiger partial charge in [-0.15, -0.1) is 12.4 Å². The highest BCUT2D eigenvalue weighted by Crippen LogP contribution is 2.13. The van der Waals surface area contributed by atoms with Crippen LogP contribution in [0.1, 0.15) is 0 Å². The summed E-state index contributed by atoms with van der Waals surface area (Å²) in [6.45, 7) is 1.84. The molecule has 1 aromatic carbocycles. The van der Waals surface area contributed by atoms with Crippen LogP contribution < -0.4 is 10.6 Å². The van der Waals surface area contributed by atoms with Gasteiger partial charge in [0.2, 0.25) is 5.91 Å². The van der Waals surface area contributed by atoms with Crippen LogP contribution in [0.4, 0.5) is 5.69 Å². The minimum atomic E-state index is -0.0848. The number of nitrogens with one attached hydrogen (secondary N) is 2. The first kappa shape index (κ1) is 15.0. The quantitative estimate of drug-likeness (QED) is 0.837. The molecular formula is C11H13Cl2N3OS. The first-order chi connectivity index (χ1) is 8.15. The molecule has 1 amide bonds. The van der Waals surface area contributed by atoms with Crippen LogP contribution in [0.15, 0.2) is 24.3 Å². The fraction of sp³-hybridized carbons (Fsp3) is 0.273. The number of carbonyl (C=O) groups is 1. The molecule has 18 heavy (non-hydrogen) atoms. The molecule has 0 radical (unpaired) electrons. The zero-order chi connectivity index (χ0) is 12.3. The van der Waals surface area contributed by atoms with Crippen molar-refractivity contribution in [3.05, 3.63) is 29.3 Å². The smallest absolute Gasteiger partial charge is 0.243 e. The molecular weight excluding hydrogens is 293 g/mol. The van der Waals surface area contributed by atoms with E-state index in [1.807, 2.05) is 4.90 Å². The number of carbonyl (C=O) groups excluding carboxylic acids is 1. The molecule has 2 N–H and O–H groups in total. The molecule has 1 aliphatic rings. The number of hydrogen-bond donors (Lipinski definition) is 2. The van der Waals surface area contributed by atoms with Crippen LogP contribution in [0, 0.1) is 0 Å². The molecule has 1 heterocycles. The molecule has 0 unspecified atom stereocenters. The van der Waals surface area contributed by atoms with Crippen molar-refractivity contribution in [2.45, 2.75) is 0 Å². The minimum absolute atomic E-state index is 0. The predicted octanol–water partition coefficient (Wildman–Crippen LogP) is 1.89. The van der Waals surface area contributed by atoms with E-state index < -0.39 is 0 Å². The lowest BCUT2D eigenvalue weighted by Gasteiger charge is -2.15. The zero-order valence-corrected chi connectivity index (χ0v) is 11.9. The van der Waals surface area contributed by atoms with E-state index >= 15 is 0 Å². The summed E-state index contributed by atoms with van der Waals surface area (Å²) in [6.07, 6.45) is 0. The van der Waals surface area contributed by atoms with E-state index in [-0.39, 0.29) is 24.9 Å². The number of hydrogen-bond acceptors (Lipinski definition) is 2. The van der Waals surface area contributed by atoms with Crippen LogP contribution in [0.5, 0.6) is 0 Å². The summed E-state index contributed by atoms with van der Waals surface area (Å²) in [5.74, 6) is -0.0848. The van der Waals surface area contributed by atoms with E-state index in [9.17, 15) is 4.79 Å². The molecule has 0 aromatic heterocycles. The van der Waals surface area contributed by atoms with Gasteiger partial charge in [0.15, 0.2) is 5.11 Å². The lowest BCUT2D eigenvalue weighted by molar-refractivity contribution is -0.116. The van der Waals surface area contributed by atoms with E-state index in [1.54, 1.807) is 24.3 Å². The molecule has 1 aliphatic heterocycles. The average molecular weight is 306 g/mol. The van der Waals surface area contributed by atoms with E-state index in [1.165, 1.54) is 0 Å². The Morgan fingerprint density at radius 1 is 1.44 bits per heavy atom. The molecule has 0 spiro atoms. The molecule has 0 atom stereocenters. The van der Waals surface area contributed by atoms with Gasteiger partial charge in [-0.3, -0.25) is 4.79 Å². The average Bonchev–Trinajstić information content (AvgIpc) is 2.68. The van der Waals surface area contributed by atoms with Gasteiger partial charge in [-0.25, -0.2) is 0 Å². The number of nitrogens with zero attached hydrogens (tertiary/aromatic N) is 1. The lowest BCUT2D eigenvalue weighted by Crippen LogP contribution is -2.35. The second-order valence-electron chi connectivity index (χ2n) is 3.71. The molecule has 98 valence electrons. The molecule has 0 saturated carbocycles. The third kappa shape index (κ3) is 4.01. The van der Waals surface area contributed by atoms with Crippen LogP contribution in [0.2, 0.25) is 5.02 Å². The Bertz CT molecular complexity index is 438. The fourth-order valence-corrected chi connectivity index (χ4v) is 1.95. The van der Waals surface area contributed by atoms with Crippen molar-refractivity contribution in [2.24, 2.45) is 0 Å². The second-order valence-corrected chi connectivity index (χ2v) is 4.53. The first-order valence-corrected chi connectivity index (χ1v) is 6.02. The Morgan fingerprint density at radius 2 is 2.11 bits per heavy atom. The summed E-state index contributed by atoms with van der Waals surface area (Å²) in [7, 11) is 0. The number of rotatable bonds is 3. The third-order valence-corrected chi connectivity index (χ3v) is 3.06. The van der Waals surface area contributed by atoms with Crippen LogP contribution in [0.25, 0.3) is 0 Å². The van der Waals surface area contributed by atoms with E-state index in [4.69, 9.17) is 23.8 Å². The summed E-state index contributed by atoms with van der Waals surface area (Å²) in [5, 5.41) is 7.08. The predicted molar refractivity (Wildman–Crippen MR) is 79.5 cm³/mol. The molecule has 2 rings (SSSR count). The Morgan fingerprint density at radius 3 is 2.67 bits per heavy atom. The molecule has 1 aromatic rings. The van der Waals surface area contributed by atoms with Gasteiger partial charge >= 0.3 is 0 Å². The molecule has 0 aliphatic carbocycles. The van der Waals surface area contributed by atoms with Gasteiger partial charge in [-0.2, -0.15) is 0 Å². The van der Waals surface area contributed by atoms with Gasteiger partial charge in [-0.1, -0.05) is 11.6 Å². The normalized spacial score (nSPS) is 13.8. The Hall–Kier alpha value is -1.04. The van der Waals surface area contributed by atoms with Gasteiger partial charge in [0.25, 0.3) is 0 Å². The largest absolute Gasteiger partial charge is 0.361 e. The topological polar surface area (TPSA) is 44.4 Å². The lowest BCUT2D eigenvalue weighted by atomic mass is 10.3. The Kier molecular flexibility index (Phi) is 5.65. The number of amides is 1. The maximum atomic E-state index is 11.7. The van der Waals surface area contributed by atoms with Crippen molar-refractivity contribution in [1.82, 2.24) is 10.2 Å². The highest BCUT2D eigenvalue weighted by Gasteiger charge is 2.18. The van der Waals surface area contributed by atoms with Crippen molar-refractivity contribution in [3.63, 3.8) is 0 Å². The van der Waals surface area contributed by atoms with Crippen LogP contribution in [0.3, 0.4) is 0 Å². The molecule has 0 bridgehead atoms. The third-order valence-electron chi connectivity index (χ3n) is 2.41. The number of benzene rings is 1. The highest BCUT2D eigenvalue weighted by molar-refractivity contribution is 7.80. The van der Waals surface area contributed by atoms with Crippen molar-refractivity contribution < 1.29 is 4.79 Å². The van der Waals surface area contributed by atoms with E-state index in [0.29, 0.717) is 10.1 Å². The van der Waals surface area contributed by atoms with Gasteiger partial charge in [-0.05, 0) is 36.5 Å². The van der Waals surface area contributed by atoms with E-state index in [2.05, 4.69) is 10.6 Å². The van der Waals surface area contributed by atoms with E-state index in [0.717, 1.165) is 18.8 Å². The Balaban J connectivity index is 0.00000162. The summed E-state index contributed by atoms with van der Waals surface area (Å²) < 4.78 is 0. The van der Waals surface area contributed by atoms with Crippen molar-refractivity contribution in [1.29, 1.82) is 0 Å². The molecule has 1 fully saturated rings. The van der Waals surface area contributed by atoms with Crippen molar-refractivity contribution in [3.8, 4) is 0 Å². The summed E-state index contributed by atoms with van der Waals surface area (Å²) in [6, 6.07) is 7.00. The SMILES string of the molecule is Cl.O=C(CN1CCNC1=S)Nc1ccc(Cl)cc1. The van der Waals surface area contributed by atoms with Crippen molar-refractivity contribution >= 4 is 52.9 Å². The van der Waals surface area contributed by atoms with Gasteiger partial charge in [0, 0.05) is 23.8 Å². The number of thiocarbonyl (C=S) groups is 1. The highest BCUT2D eigenvalue weighted by atomic mass is 35.5. The summed E-state index contributed by atoms with van der Waals surface area (Å²) in [5.41, 5.74) is 0.734. The summed E-state index contributed by atoms with van der Waals surface area (Å²) >= 11 is 10.8. The maximum absolute atomic E-state index is 11.7. The molecule has 1 saturated heterocycles. The number of anilines is 1. The van der Waals surface area contributed by atoms with Crippen LogP contribution >= 0.6 is 36.2 Å². The standard InChI is InChI=1S/C11H12ClN3OS.ClH/c12-8-1-3-9(4-2-8)14-10(16)7-15-6-5-13-11(15)17;/h1-4H,5-7H2,(H,13,17)(H,14,16);1H. The van der Waals surface area contributed by atoms with Gasteiger partial charge in [0.1, 0.15) is 0 Å². The first-order valence-electron chi connectivity index (χ1n) is 5.23. The van der Waals surface area contributed by atoms with Gasteiger partial charge in [0.05, 0.1) is 6.54 Å². The minimum Gasteiger partial charge on any atom is -0.361 e. The molecule has 4 nitrogen and oxygen atoms in total. The second kappa shape index (κ2) is 6.78. The maximum Gasteiger partial charge on any atom is 0.243 e. The van der Waals surface area contributed by atoms with Crippen LogP contribution in [-0.4, -0.2) is 35.6 Å². The zero-order valence-electron chi connectivity index (χ0n) is 9.48. The summed E-state index contributed by atoms with van der Waals surface area (Å²) in [4.78, 5) is 13.6. The fourth-order valence-electron chi connectivity index (χ4n) is 1.57. The van der Waals surface area contributed by atoms with Crippen LogP contribution in [-0.2, 0) is 4.79 Å². The monoisotopic (exact) mass is 305 g/mol. The number of halogens is 2. The van der Waals surface area contributed by atoms with Gasteiger partial charge < -0.3 is 15.5 Å².